The zero-order valence-electron chi connectivity index (χ0n) is 11.2. The summed E-state index contributed by atoms with van der Waals surface area (Å²) < 4.78 is 5.20. The van der Waals surface area contributed by atoms with E-state index in [1.54, 1.807) is 17.0 Å². The fourth-order valence-corrected chi connectivity index (χ4v) is 2.02. The third kappa shape index (κ3) is 4.24. The third-order valence-corrected chi connectivity index (χ3v) is 3.10. The maximum atomic E-state index is 12.0. The number of rotatable bonds is 4. The Labute approximate surface area is 117 Å². The lowest BCUT2D eigenvalue weighted by Crippen LogP contribution is -2.43. The van der Waals surface area contributed by atoms with E-state index in [9.17, 15) is 9.59 Å². The lowest BCUT2D eigenvalue weighted by atomic mass is 10.1. The molecule has 0 bridgehead atoms. The van der Waals surface area contributed by atoms with E-state index >= 15 is 0 Å². The van der Waals surface area contributed by atoms with Crippen molar-refractivity contribution < 1.29 is 19.4 Å². The average molecular weight is 278 g/mol. The molecule has 0 unspecified atom stereocenters. The Bertz CT molecular complexity index is 484. The Kier molecular flexibility index (Phi) is 4.95. The topological polar surface area (TPSA) is 78.9 Å². The second kappa shape index (κ2) is 6.91. The molecule has 2 N–H and O–H groups in total. The van der Waals surface area contributed by atoms with E-state index in [4.69, 9.17) is 9.84 Å². The van der Waals surface area contributed by atoms with Crippen LogP contribution in [0, 0.1) is 0 Å². The largest absolute Gasteiger partial charge is 0.481 e. The SMILES string of the molecule is O=C(O)CCc1cccc(NC(=O)N2CCOCC2)c1. The van der Waals surface area contributed by atoms with Crippen molar-refractivity contribution in [3.8, 4) is 0 Å². The second-order valence-electron chi connectivity index (χ2n) is 4.62. The normalized spacial score (nSPS) is 14.9. The van der Waals surface area contributed by atoms with Crippen molar-refractivity contribution in [2.75, 3.05) is 31.6 Å². The number of amides is 2. The quantitative estimate of drug-likeness (QED) is 0.876. The van der Waals surface area contributed by atoms with Crippen molar-refractivity contribution in [1.29, 1.82) is 0 Å². The fourth-order valence-electron chi connectivity index (χ4n) is 2.02. The summed E-state index contributed by atoms with van der Waals surface area (Å²) >= 11 is 0. The Morgan fingerprint density at radius 3 is 2.75 bits per heavy atom. The highest BCUT2D eigenvalue weighted by Crippen LogP contribution is 2.13. The van der Waals surface area contributed by atoms with Crippen LogP contribution < -0.4 is 5.32 Å². The van der Waals surface area contributed by atoms with Gasteiger partial charge >= 0.3 is 12.0 Å². The minimum absolute atomic E-state index is 0.0842. The standard InChI is InChI=1S/C14H18N2O4/c17-13(18)5-4-11-2-1-3-12(10-11)15-14(19)16-6-8-20-9-7-16/h1-3,10H,4-9H2,(H,15,19)(H,17,18). The maximum Gasteiger partial charge on any atom is 0.321 e. The van der Waals surface area contributed by atoms with Crippen LogP contribution in [0.15, 0.2) is 24.3 Å². The molecule has 1 fully saturated rings. The summed E-state index contributed by atoms with van der Waals surface area (Å²) in [5.74, 6) is -0.826. The first-order valence-corrected chi connectivity index (χ1v) is 6.59. The first-order valence-electron chi connectivity index (χ1n) is 6.59. The van der Waals surface area contributed by atoms with Gasteiger partial charge in [0, 0.05) is 25.2 Å². The van der Waals surface area contributed by atoms with E-state index in [0.717, 1.165) is 5.56 Å². The second-order valence-corrected chi connectivity index (χ2v) is 4.62. The molecule has 20 heavy (non-hydrogen) atoms. The van der Waals surface area contributed by atoms with Crippen LogP contribution in [-0.4, -0.2) is 48.3 Å². The summed E-state index contributed by atoms with van der Waals surface area (Å²) in [6.45, 7) is 2.30. The number of carboxylic acid groups (broad SMARTS) is 1. The zero-order valence-corrected chi connectivity index (χ0v) is 11.2. The molecule has 0 aliphatic carbocycles. The predicted octanol–water partition coefficient (Wildman–Crippen LogP) is 1.57. The van der Waals surface area contributed by atoms with Crippen LogP contribution in [0.25, 0.3) is 0 Å². The first kappa shape index (κ1) is 14.3. The van der Waals surface area contributed by atoms with Gasteiger partial charge in [0.05, 0.1) is 13.2 Å². The highest BCUT2D eigenvalue weighted by molar-refractivity contribution is 5.89. The van der Waals surface area contributed by atoms with Crippen molar-refractivity contribution in [3.05, 3.63) is 29.8 Å². The summed E-state index contributed by atoms with van der Waals surface area (Å²) in [5, 5.41) is 11.5. The number of hydrogen-bond acceptors (Lipinski definition) is 3. The highest BCUT2D eigenvalue weighted by atomic mass is 16.5. The Balaban J connectivity index is 1.93. The highest BCUT2D eigenvalue weighted by Gasteiger charge is 2.16. The summed E-state index contributed by atoms with van der Waals surface area (Å²) in [6, 6.07) is 7.12. The van der Waals surface area contributed by atoms with E-state index in [2.05, 4.69) is 5.32 Å². The number of carbonyl (C=O) groups is 2. The van der Waals surface area contributed by atoms with Gasteiger partial charge in [0.15, 0.2) is 0 Å². The lowest BCUT2D eigenvalue weighted by Gasteiger charge is -2.27. The van der Waals surface area contributed by atoms with Crippen molar-refractivity contribution >= 4 is 17.7 Å². The Hall–Kier alpha value is -2.08. The number of aryl methyl sites for hydroxylation is 1. The van der Waals surface area contributed by atoms with Crippen molar-refractivity contribution in [3.63, 3.8) is 0 Å². The number of nitrogens with zero attached hydrogens (tertiary/aromatic N) is 1. The number of nitrogens with one attached hydrogen (secondary N) is 1. The van der Waals surface area contributed by atoms with Gasteiger partial charge in [0.25, 0.3) is 0 Å². The van der Waals surface area contributed by atoms with E-state index in [-0.39, 0.29) is 12.5 Å². The van der Waals surface area contributed by atoms with Gasteiger partial charge in [0.1, 0.15) is 0 Å². The first-order chi connectivity index (χ1) is 9.65. The van der Waals surface area contributed by atoms with Gasteiger partial charge in [-0.15, -0.1) is 0 Å². The molecular formula is C14H18N2O4. The minimum atomic E-state index is -0.826. The minimum Gasteiger partial charge on any atom is -0.481 e. The van der Waals surface area contributed by atoms with Crippen LogP contribution in [0.1, 0.15) is 12.0 Å². The number of carboxylic acids is 1. The molecular weight excluding hydrogens is 260 g/mol. The average Bonchev–Trinajstić information content (AvgIpc) is 2.46. The molecule has 0 aromatic heterocycles. The van der Waals surface area contributed by atoms with Crippen LogP contribution in [-0.2, 0) is 16.0 Å². The van der Waals surface area contributed by atoms with E-state index in [1.165, 1.54) is 0 Å². The predicted molar refractivity (Wildman–Crippen MR) is 73.8 cm³/mol. The molecule has 1 aliphatic rings. The van der Waals surface area contributed by atoms with Gasteiger partial charge in [-0.25, -0.2) is 4.79 Å². The molecule has 0 spiro atoms. The summed E-state index contributed by atoms with van der Waals surface area (Å²) in [6.07, 6.45) is 0.539. The molecule has 1 aromatic rings. The molecule has 0 radical (unpaired) electrons. The van der Waals surface area contributed by atoms with E-state index < -0.39 is 5.97 Å². The van der Waals surface area contributed by atoms with Crippen molar-refractivity contribution in [2.24, 2.45) is 0 Å². The number of urea groups is 1. The number of morpholine rings is 1. The molecule has 1 aliphatic heterocycles. The Morgan fingerprint density at radius 2 is 2.05 bits per heavy atom. The summed E-state index contributed by atoms with van der Waals surface area (Å²) in [7, 11) is 0. The number of ether oxygens (including phenoxy) is 1. The molecule has 6 heteroatoms. The maximum absolute atomic E-state index is 12.0. The number of hydrogen-bond donors (Lipinski definition) is 2. The number of aliphatic carboxylic acids is 1. The van der Waals surface area contributed by atoms with Crippen molar-refractivity contribution in [1.82, 2.24) is 4.90 Å². The monoisotopic (exact) mass is 278 g/mol. The van der Waals surface area contributed by atoms with E-state index in [0.29, 0.717) is 38.4 Å². The third-order valence-electron chi connectivity index (χ3n) is 3.10. The van der Waals surface area contributed by atoms with Gasteiger partial charge in [-0.05, 0) is 24.1 Å². The number of carbonyl (C=O) groups excluding carboxylic acids is 1. The van der Waals surface area contributed by atoms with Crippen LogP contribution >= 0.6 is 0 Å². The van der Waals surface area contributed by atoms with Crippen LogP contribution in [0.5, 0.6) is 0 Å². The van der Waals surface area contributed by atoms with Crippen LogP contribution in [0.2, 0.25) is 0 Å². The summed E-state index contributed by atoms with van der Waals surface area (Å²) in [5.41, 5.74) is 1.58. The lowest BCUT2D eigenvalue weighted by molar-refractivity contribution is -0.136. The zero-order chi connectivity index (χ0) is 14.4. The van der Waals surface area contributed by atoms with Gasteiger partial charge in [-0.3, -0.25) is 4.79 Å². The van der Waals surface area contributed by atoms with Gasteiger partial charge in [-0.2, -0.15) is 0 Å². The van der Waals surface area contributed by atoms with Crippen LogP contribution in [0.4, 0.5) is 10.5 Å². The molecule has 1 heterocycles. The number of benzene rings is 1. The molecule has 0 saturated carbocycles. The van der Waals surface area contributed by atoms with Gasteiger partial charge in [0.2, 0.25) is 0 Å². The van der Waals surface area contributed by atoms with Crippen LogP contribution in [0.3, 0.4) is 0 Å². The molecule has 2 amide bonds. The Morgan fingerprint density at radius 1 is 1.30 bits per heavy atom. The smallest absolute Gasteiger partial charge is 0.321 e. The molecule has 1 aromatic carbocycles. The molecule has 108 valence electrons. The van der Waals surface area contributed by atoms with E-state index in [1.807, 2.05) is 12.1 Å². The molecule has 0 atom stereocenters. The number of anilines is 1. The molecule has 6 nitrogen and oxygen atoms in total. The van der Waals surface area contributed by atoms with Gasteiger partial charge in [-0.1, -0.05) is 12.1 Å². The molecule has 2 rings (SSSR count). The summed E-state index contributed by atoms with van der Waals surface area (Å²) in [4.78, 5) is 24.3. The molecule has 1 saturated heterocycles. The van der Waals surface area contributed by atoms with Gasteiger partial charge < -0.3 is 20.1 Å². The fraction of sp³-hybridized carbons (Fsp3) is 0.429. The van der Waals surface area contributed by atoms with Crippen molar-refractivity contribution in [2.45, 2.75) is 12.8 Å².